The van der Waals surface area contributed by atoms with Gasteiger partial charge in [-0.25, -0.2) is 9.97 Å². The first kappa shape index (κ1) is 28.6. The van der Waals surface area contributed by atoms with E-state index in [-0.39, 0.29) is 0 Å². The summed E-state index contributed by atoms with van der Waals surface area (Å²) in [5.74, 6) is 0.681. The lowest BCUT2D eigenvalue weighted by atomic mass is 9.93. The summed E-state index contributed by atoms with van der Waals surface area (Å²) in [4.78, 5) is 10.6. The van der Waals surface area contributed by atoms with Crippen LogP contribution < -0.4 is 0 Å². The molecule has 0 spiro atoms. The van der Waals surface area contributed by atoms with Crippen LogP contribution in [-0.4, -0.2) is 9.97 Å². The van der Waals surface area contributed by atoms with Crippen molar-refractivity contribution in [2.24, 2.45) is 0 Å². The molecule has 0 unspecified atom stereocenters. The van der Waals surface area contributed by atoms with Crippen molar-refractivity contribution in [3.05, 3.63) is 181 Å². The lowest BCUT2D eigenvalue weighted by molar-refractivity contribution is 1.18. The second kappa shape index (κ2) is 12.5. The van der Waals surface area contributed by atoms with Crippen LogP contribution in [0.4, 0.5) is 0 Å². The summed E-state index contributed by atoms with van der Waals surface area (Å²) in [5.41, 5.74) is 11.5. The molecule has 8 aromatic rings. The van der Waals surface area contributed by atoms with Gasteiger partial charge in [0.05, 0.1) is 11.4 Å². The van der Waals surface area contributed by atoms with Crippen LogP contribution in [0.25, 0.3) is 78.1 Å². The number of fused-ring (bicyclic) bond motifs is 1. The number of hydrogen-bond donors (Lipinski definition) is 0. The van der Waals surface area contributed by atoms with Crippen molar-refractivity contribution >= 4 is 22.4 Å². The van der Waals surface area contributed by atoms with Crippen molar-refractivity contribution in [3.8, 4) is 67.3 Å². The van der Waals surface area contributed by atoms with Gasteiger partial charge in [-0.1, -0.05) is 157 Å². The van der Waals surface area contributed by atoms with Crippen LogP contribution in [0.2, 0.25) is 5.02 Å². The highest BCUT2D eigenvalue weighted by molar-refractivity contribution is 6.30. The molecule has 0 atom stereocenters. The van der Waals surface area contributed by atoms with Crippen LogP contribution in [0.1, 0.15) is 0 Å². The Labute approximate surface area is 279 Å². The molecule has 0 saturated carbocycles. The Bertz CT molecular complexity index is 2250. The van der Waals surface area contributed by atoms with Gasteiger partial charge in [0.25, 0.3) is 0 Å². The van der Waals surface area contributed by atoms with Crippen molar-refractivity contribution in [1.82, 2.24) is 9.97 Å². The van der Waals surface area contributed by atoms with Crippen molar-refractivity contribution in [1.29, 1.82) is 0 Å². The quantitative estimate of drug-likeness (QED) is 0.185. The van der Waals surface area contributed by atoms with Gasteiger partial charge in [-0.15, -0.1) is 0 Å². The molecular formula is C44H29ClN2. The van der Waals surface area contributed by atoms with Crippen LogP contribution in [0.15, 0.2) is 176 Å². The minimum Gasteiger partial charge on any atom is -0.228 e. The molecule has 0 saturated heterocycles. The summed E-state index contributed by atoms with van der Waals surface area (Å²) in [6.45, 7) is 0. The minimum absolute atomic E-state index is 0.681. The maximum Gasteiger partial charge on any atom is 0.161 e. The molecule has 0 N–H and O–H groups in total. The van der Waals surface area contributed by atoms with Gasteiger partial charge in [0.1, 0.15) is 0 Å². The third-order valence-corrected chi connectivity index (χ3v) is 8.83. The van der Waals surface area contributed by atoms with E-state index in [2.05, 4.69) is 152 Å². The molecule has 0 amide bonds. The molecule has 2 nitrogen and oxygen atoms in total. The molecule has 8 rings (SSSR count). The van der Waals surface area contributed by atoms with Crippen LogP contribution in [-0.2, 0) is 0 Å². The molecule has 222 valence electrons. The fraction of sp³-hybridized carbons (Fsp3) is 0. The largest absolute Gasteiger partial charge is 0.228 e. The van der Waals surface area contributed by atoms with E-state index in [4.69, 9.17) is 21.6 Å². The van der Waals surface area contributed by atoms with Gasteiger partial charge in [0.2, 0.25) is 0 Å². The van der Waals surface area contributed by atoms with E-state index in [1.54, 1.807) is 0 Å². The monoisotopic (exact) mass is 620 g/mol. The number of hydrogen-bond acceptors (Lipinski definition) is 2. The molecule has 0 fully saturated rings. The van der Waals surface area contributed by atoms with Crippen LogP contribution >= 0.6 is 11.6 Å². The lowest BCUT2D eigenvalue weighted by Gasteiger charge is -2.16. The maximum absolute atomic E-state index is 6.29. The van der Waals surface area contributed by atoms with Gasteiger partial charge in [0.15, 0.2) is 5.82 Å². The van der Waals surface area contributed by atoms with E-state index in [1.165, 1.54) is 5.39 Å². The Kier molecular flexibility index (Phi) is 7.62. The summed E-state index contributed by atoms with van der Waals surface area (Å²) >= 11 is 6.29. The highest BCUT2D eigenvalue weighted by Gasteiger charge is 2.17. The molecule has 0 aliphatic heterocycles. The predicted molar refractivity (Wildman–Crippen MR) is 197 cm³/mol. The Morgan fingerprint density at radius 2 is 0.851 bits per heavy atom. The third kappa shape index (κ3) is 5.72. The Hall–Kier alpha value is -5.83. The van der Waals surface area contributed by atoms with Crippen molar-refractivity contribution in [3.63, 3.8) is 0 Å². The molecule has 0 aliphatic rings. The second-order valence-electron chi connectivity index (χ2n) is 11.5. The standard InChI is InChI=1S/C44H29ClN2/c45-35-25-23-32(24-26-35)41-28-34(27-33-17-7-8-20-38(33)41)42-29-43(39-21-11-9-18-36(39)30-13-3-1-4-14-30)47-44(46-42)40-22-12-10-19-37(40)31-15-5-2-6-16-31/h1-29H. The number of benzene rings is 7. The van der Waals surface area contributed by atoms with Crippen LogP contribution in [0.3, 0.4) is 0 Å². The first-order valence-electron chi connectivity index (χ1n) is 15.7. The minimum atomic E-state index is 0.681. The van der Waals surface area contributed by atoms with Gasteiger partial charge in [-0.3, -0.25) is 0 Å². The van der Waals surface area contributed by atoms with E-state index < -0.39 is 0 Å². The molecule has 1 aromatic heterocycles. The zero-order valence-corrected chi connectivity index (χ0v) is 26.3. The average molecular weight is 621 g/mol. The van der Waals surface area contributed by atoms with Crippen molar-refractivity contribution in [2.75, 3.05) is 0 Å². The molecule has 0 aliphatic carbocycles. The number of rotatable bonds is 6. The average Bonchev–Trinajstić information content (AvgIpc) is 3.15. The van der Waals surface area contributed by atoms with Gasteiger partial charge in [-0.05, 0) is 74.5 Å². The van der Waals surface area contributed by atoms with E-state index in [9.17, 15) is 0 Å². The molecule has 3 heteroatoms. The molecule has 1 heterocycles. The smallest absolute Gasteiger partial charge is 0.161 e. The van der Waals surface area contributed by atoms with E-state index in [0.717, 1.165) is 66.8 Å². The second-order valence-corrected chi connectivity index (χ2v) is 12.0. The zero-order valence-electron chi connectivity index (χ0n) is 25.5. The zero-order chi connectivity index (χ0) is 31.6. The van der Waals surface area contributed by atoms with Crippen LogP contribution in [0, 0.1) is 0 Å². The SMILES string of the molecule is Clc1ccc(-c2cc(-c3cc(-c4ccccc4-c4ccccc4)nc(-c4ccccc4-c4ccccc4)n3)cc3ccccc23)cc1. The Morgan fingerprint density at radius 1 is 0.340 bits per heavy atom. The van der Waals surface area contributed by atoms with Gasteiger partial charge in [-0.2, -0.15) is 0 Å². The van der Waals surface area contributed by atoms with Gasteiger partial charge >= 0.3 is 0 Å². The number of aromatic nitrogens is 2. The number of nitrogens with zero attached hydrogens (tertiary/aromatic N) is 2. The summed E-state index contributed by atoms with van der Waals surface area (Å²) in [6.07, 6.45) is 0. The predicted octanol–water partition coefficient (Wildman–Crippen LogP) is 12.3. The molecule has 0 radical (unpaired) electrons. The Morgan fingerprint density at radius 3 is 1.53 bits per heavy atom. The van der Waals surface area contributed by atoms with E-state index >= 15 is 0 Å². The van der Waals surface area contributed by atoms with Gasteiger partial charge in [0, 0.05) is 21.7 Å². The van der Waals surface area contributed by atoms with Crippen molar-refractivity contribution < 1.29 is 0 Å². The summed E-state index contributed by atoms with van der Waals surface area (Å²) < 4.78 is 0. The highest BCUT2D eigenvalue weighted by Crippen LogP contribution is 2.39. The fourth-order valence-electron chi connectivity index (χ4n) is 6.30. The maximum atomic E-state index is 6.29. The first-order valence-corrected chi connectivity index (χ1v) is 16.1. The van der Waals surface area contributed by atoms with Gasteiger partial charge < -0.3 is 0 Å². The van der Waals surface area contributed by atoms with Crippen molar-refractivity contribution in [2.45, 2.75) is 0 Å². The summed E-state index contributed by atoms with van der Waals surface area (Å²) in [6, 6.07) is 61.0. The first-order chi connectivity index (χ1) is 23.2. The topological polar surface area (TPSA) is 25.8 Å². The summed E-state index contributed by atoms with van der Waals surface area (Å²) in [7, 11) is 0. The molecule has 7 aromatic carbocycles. The lowest BCUT2D eigenvalue weighted by Crippen LogP contribution is -1.98. The van der Waals surface area contributed by atoms with E-state index in [0.29, 0.717) is 10.8 Å². The molecular weight excluding hydrogens is 592 g/mol. The Balaban J connectivity index is 1.40. The molecule has 47 heavy (non-hydrogen) atoms. The normalized spacial score (nSPS) is 11.1. The molecule has 0 bridgehead atoms. The third-order valence-electron chi connectivity index (χ3n) is 8.58. The summed E-state index contributed by atoms with van der Waals surface area (Å²) in [5, 5.41) is 3.04. The van der Waals surface area contributed by atoms with Crippen LogP contribution in [0.5, 0.6) is 0 Å². The number of halogens is 1. The van der Waals surface area contributed by atoms with E-state index in [1.807, 2.05) is 24.3 Å². The highest BCUT2D eigenvalue weighted by atomic mass is 35.5. The fourth-order valence-corrected chi connectivity index (χ4v) is 6.43.